The summed E-state index contributed by atoms with van der Waals surface area (Å²) >= 11 is 1.81. The van der Waals surface area contributed by atoms with Gasteiger partial charge >= 0.3 is 0 Å². The molecule has 62 valence electrons. The lowest BCUT2D eigenvalue weighted by atomic mass is 10.6. The maximum atomic E-state index is 4.57. The van der Waals surface area contributed by atoms with E-state index in [-0.39, 0.29) is 0 Å². The molecule has 0 saturated carbocycles. The third-order valence-corrected chi connectivity index (χ3v) is 1.79. The Labute approximate surface area is 69.7 Å². The molecule has 0 aliphatic carbocycles. The summed E-state index contributed by atoms with van der Waals surface area (Å²) in [6.07, 6.45) is 3.42. The first kappa shape index (κ1) is 8.55. The van der Waals surface area contributed by atoms with Gasteiger partial charge in [-0.1, -0.05) is 5.16 Å². The van der Waals surface area contributed by atoms with Crippen LogP contribution in [-0.2, 0) is 6.54 Å². The van der Waals surface area contributed by atoms with Gasteiger partial charge < -0.3 is 9.84 Å². The van der Waals surface area contributed by atoms with Crippen LogP contribution in [0.15, 0.2) is 10.9 Å². The van der Waals surface area contributed by atoms with Gasteiger partial charge in [-0.15, -0.1) is 0 Å². The van der Waals surface area contributed by atoms with Gasteiger partial charge in [0.25, 0.3) is 0 Å². The molecular formula is C6H11N3OS. The van der Waals surface area contributed by atoms with Crippen molar-refractivity contribution in [1.29, 1.82) is 0 Å². The van der Waals surface area contributed by atoms with E-state index in [0.717, 1.165) is 12.3 Å². The molecular weight excluding hydrogens is 162 g/mol. The van der Waals surface area contributed by atoms with Crippen molar-refractivity contribution in [2.45, 2.75) is 6.54 Å². The van der Waals surface area contributed by atoms with Crippen LogP contribution >= 0.6 is 11.8 Å². The smallest absolute Gasteiger partial charge is 0.213 e. The molecule has 0 radical (unpaired) electrons. The highest BCUT2D eigenvalue weighted by molar-refractivity contribution is 7.98. The predicted octanol–water partition coefficient (Wildman–Crippen LogP) is 0.522. The Morgan fingerprint density at radius 3 is 3.27 bits per heavy atom. The Kier molecular flexibility index (Phi) is 4.00. The Balaban J connectivity index is 2.04. The molecule has 11 heavy (non-hydrogen) atoms. The van der Waals surface area contributed by atoms with Gasteiger partial charge in [0.05, 0.1) is 6.54 Å². The second-order valence-electron chi connectivity index (χ2n) is 2.02. The molecule has 0 unspecified atom stereocenters. The quantitative estimate of drug-likeness (QED) is 0.658. The van der Waals surface area contributed by atoms with Gasteiger partial charge in [0.1, 0.15) is 0 Å². The minimum absolute atomic E-state index is 0.692. The van der Waals surface area contributed by atoms with Crippen LogP contribution in [0.1, 0.15) is 5.82 Å². The topological polar surface area (TPSA) is 51.0 Å². The number of thioether (sulfide) groups is 1. The van der Waals surface area contributed by atoms with E-state index in [2.05, 4.69) is 26.2 Å². The molecule has 4 nitrogen and oxygen atoms in total. The van der Waals surface area contributed by atoms with Crippen LogP contribution in [0.3, 0.4) is 0 Å². The molecule has 0 aromatic carbocycles. The van der Waals surface area contributed by atoms with E-state index in [9.17, 15) is 0 Å². The summed E-state index contributed by atoms with van der Waals surface area (Å²) in [5, 5.41) is 6.84. The zero-order valence-electron chi connectivity index (χ0n) is 6.41. The van der Waals surface area contributed by atoms with Gasteiger partial charge in [-0.3, -0.25) is 0 Å². The normalized spacial score (nSPS) is 10.3. The van der Waals surface area contributed by atoms with Crippen molar-refractivity contribution in [1.82, 2.24) is 15.5 Å². The molecule has 1 aromatic heterocycles. The first-order valence-corrected chi connectivity index (χ1v) is 4.78. The molecule has 1 aromatic rings. The van der Waals surface area contributed by atoms with E-state index in [1.54, 1.807) is 0 Å². The summed E-state index contributed by atoms with van der Waals surface area (Å²) in [5.74, 6) is 1.82. The molecule has 0 atom stereocenters. The van der Waals surface area contributed by atoms with Crippen LogP contribution in [0.4, 0.5) is 0 Å². The fraction of sp³-hybridized carbons (Fsp3) is 0.667. The first-order valence-electron chi connectivity index (χ1n) is 3.38. The average molecular weight is 173 g/mol. The second-order valence-corrected chi connectivity index (χ2v) is 3.00. The largest absolute Gasteiger partial charge is 0.343 e. The third-order valence-electron chi connectivity index (χ3n) is 1.17. The lowest BCUT2D eigenvalue weighted by Gasteiger charge is -1.97. The van der Waals surface area contributed by atoms with Crippen molar-refractivity contribution in [3.63, 3.8) is 0 Å². The lowest BCUT2D eigenvalue weighted by Crippen LogP contribution is -2.17. The molecule has 0 fully saturated rings. The van der Waals surface area contributed by atoms with Crippen molar-refractivity contribution in [3.8, 4) is 0 Å². The van der Waals surface area contributed by atoms with Crippen LogP contribution < -0.4 is 5.32 Å². The summed E-state index contributed by atoms with van der Waals surface area (Å²) in [6.45, 7) is 1.67. The second kappa shape index (κ2) is 5.15. The summed E-state index contributed by atoms with van der Waals surface area (Å²) < 4.78 is 4.57. The zero-order valence-corrected chi connectivity index (χ0v) is 7.23. The maximum absolute atomic E-state index is 4.57. The van der Waals surface area contributed by atoms with Crippen molar-refractivity contribution < 1.29 is 4.52 Å². The number of nitrogens with one attached hydrogen (secondary N) is 1. The van der Waals surface area contributed by atoms with Crippen LogP contribution in [0.2, 0.25) is 0 Å². The van der Waals surface area contributed by atoms with Crippen LogP contribution in [0.5, 0.6) is 0 Å². The van der Waals surface area contributed by atoms with Gasteiger partial charge in [0.15, 0.2) is 5.82 Å². The Bertz CT molecular complexity index is 178. The highest BCUT2D eigenvalue weighted by Crippen LogP contribution is 1.89. The summed E-state index contributed by atoms with van der Waals surface area (Å²) in [6, 6.07) is 0. The van der Waals surface area contributed by atoms with E-state index in [1.807, 2.05) is 11.8 Å². The highest BCUT2D eigenvalue weighted by atomic mass is 32.2. The number of aromatic nitrogens is 2. The van der Waals surface area contributed by atoms with Crippen LogP contribution in [-0.4, -0.2) is 28.7 Å². The molecule has 1 N–H and O–H groups in total. The van der Waals surface area contributed by atoms with E-state index in [0.29, 0.717) is 12.4 Å². The van der Waals surface area contributed by atoms with Gasteiger partial charge in [0, 0.05) is 12.3 Å². The minimum atomic E-state index is 0.692. The Hall–Kier alpha value is -0.550. The monoisotopic (exact) mass is 173 g/mol. The van der Waals surface area contributed by atoms with Gasteiger partial charge in [-0.2, -0.15) is 16.7 Å². The molecule has 5 heteroatoms. The van der Waals surface area contributed by atoms with Gasteiger partial charge in [0.2, 0.25) is 6.39 Å². The Morgan fingerprint density at radius 1 is 1.73 bits per heavy atom. The SMILES string of the molecule is CSCCNCc1ncon1. The lowest BCUT2D eigenvalue weighted by molar-refractivity contribution is 0.407. The van der Waals surface area contributed by atoms with Crippen molar-refractivity contribution >= 4 is 11.8 Å². The molecule has 0 saturated heterocycles. The van der Waals surface area contributed by atoms with Crippen LogP contribution in [0, 0.1) is 0 Å². The van der Waals surface area contributed by atoms with E-state index in [4.69, 9.17) is 0 Å². The minimum Gasteiger partial charge on any atom is -0.343 e. The number of rotatable bonds is 5. The molecule has 1 rings (SSSR count). The summed E-state index contributed by atoms with van der Waals surface area (Å²) in [5.41, 5.74) is 0. The van der Waals surface area contributed by atoms with Crippen molar-refractivity contribution in [2.24, 2.45) is 0 Å². The predicted molar refractivity (Wildman–Crippen MR) is 44.4 cm³/mol. The van der Waals surface area contributed by atoms with Gasteiger partial charge in [-0.05, 0) is 6.26 Å². The third kappa shape index (κ3) is 3.38. The van der Waals surface area contributed by atoms with Crippen LogP contribution in [0.25, 0.3) is 0 Å². The Morgan fingerprint density at radius 2 is 2.64 bits per heavy atom. The zero-order chi connectivity index (χ0) is 7.94. The standard InChI is InChI=1S/C6H11N3OS/c1-11-3-2-7-4-6-8-5-10-9-6/h5,7H,2-4H2,1H3. The van der Waals surface area contributed by atoms with Crippen molar-refractivity contribution in [2.75, 3.05) is 18.6 Å². The first-order chi connectivity index (χ1) is 5.43. The highest BCUT2D eigenvalue weighted by Gasteiger charge is 1.94. The number of hydrogen-bond donors (Lipinski definition) is 1. The maximum Gasteiger partial charge on any atom is 0.213 e. The summed E-state index contributed by atoms with van der Waals surface area (Å²) in [4.78, 5) is 3.87. The average Bonchev–Trinajstić information content (AvgIpc) is 2.50. The molecule has 0 aliphatic heterocycles. The molecule has 0 amide bonds. The van der Waals surface area contributed by atoms with E-state index in [1.165, 1.54) is 6.39 Å². The van der Waals surface area contributed by atoms with Gasteiger partial charge in [-0.25, -0.2) is 0 Å². The van der Waals surface area contributed by atoms with E-state index < -0.39 is 0 Å². The molecule has 0 aliphatic rings. The van der Waals surface area contributed by atoms with Crippen molar-refractivity contribution in [3.05, 3.63) is 12.2 Å². The molecule has 0 bridgehead atoms. The number of nitrogens with zero attached hydrogens (tertiary/aromatic N) is 2. The fourth-order valence-corrected chi connectivity index (χ4v) is 0.993. The molecule has 1 heterocycles. The van der Waals surface area contributed by atoms with E-state index >= 15 is 0 Å². The summed E-state index contributed by atoms with van der Waals surface area (Å²) in [7, 11) is 0. The molecule has 0 spiro atoms. The number of hydrogen-bond acceptors (Lipinski definition) is 5. The fourth-order valence-electron chi connectivity index (χ4n) is 0.645.